The molecule has 0 spiro atoms. The van der Waals surface area contributed by atoms with Crippen LogP contribution in [0.4, 0.5) is 17.1 Å². The summed E-state index contributed by atoms with van der Waals surface area (Å²) in [4.78, 5) is 2.35. The molecule has 0 amide bonds. The minimum absolute atomic E-state index is 0.860. The Morgan fingerprint density at radius 1 is 0.432 bits per heavy atom. The first-order valence-corrected chi connectivity index (χ1v) is 15.6. The average molecular weight is 582 g/mol. The fraction of sp³-hybridized carbons (Fsp3) is 0. The predicted molar refractivity (Wildman–Crippen MR) is 186 cm³/mol. The third kappa shape index (κ3) is 3.31. The van der Waals surface area contributed by atoms with Gasteiger partial charge in [-0.15, -0.1) is 11.3 Å². The van der Waals surface area contributed by atoms with Crippen LogP contribution in [0.3, 0.4) is 0 Å². The standard InChI is InChI=1S/C40H23NO2S/c1-2-10-26-24(9-1)19-21-29-28-13-7-15-33(40(28)43-39(26)29)41(25-20-22-37-31(23-25)27-11-4-6-18-36(27)44-37)32-14-8-17-35-38(32)30-12-3-5-16-34(30)42-35/h1-23H. The molecule has 0 radical (unpaired) electrons. The lowest BCUT2D eigenvalue weighted by atomic mass is 10.0. The quantitative estimate of drug-likeness (QED) is 0.208. The van der Waals surface area contributed by atoms with Crippen LogP contribution in [-0.2, 0) is 0 Å². The molecule has 3 aromatic heterocycles. The maximum atomic E-state index is 6.88. The summed E-state index contributed by atoms with van der Waals surface area (Å²) < 4.78 is 15.8. The molecule has 10 rings (SSSR count). The van der Waals surface area contributed by atoms with Gasteiger partial charge in [-0.2, -0.15) is 0 Å². The highest BCUT2D eigenvalue weighted by molar-refractivity contribution is 7.25. The highest BCUT2D eigenvalue weighted by Gasteiger charge is 2.24. The van der Waals surface area contributed by atoms with Gasteiger partial charge in [0.25, 0.3) is 0 Å². The predicted octanol–water partition coefficient (Wildman–Crippen LogP) is 12.5. The van der Waals surface area contributed by atoms with Gasteiger partial charge in [-0.25, -0.2) is 0 Å². The maximum Gasteiger partial charge on any atom is 0.159 e. The van der Waals surface area contributed by atoms with Gasteiger partial charge >= 0.3 is 0 Å². The number of anilines is 3. The first kappa shape index (κ1) is 23.9. The van der Waals surface area contributed by atoms with Crippen LogP contribution in [0.1, 0.15) is 0 Å². The molecule has 44 heavy (non-hydrogen) atoms. The SMILES string of the molecule is c1ccc2c(c1)ccc1c3cccc(N(c4ccc5sc6ccccc6c5c4)c4cccc5oc6ccccc6c45)c3oc21. The van der Waals surface area contributed by atoms with Crippen molar-refractivity contribution in [3.63, 3.8) is 0 Å². The van der Waals surface area contributed by atoms with Gasteiger partial charge in [-0.1, -0.05) is 84.9 Å². The Morgan fingerprint density at radius 3 is 2.09 bits per heavy atom. The zero-order valence-corrected chi connectivity index (χ0v) is 24.3. The van der Waals surface area contributed by atoms with Crippen LogP contribution in [-0.4, -0.2) is 0 Å². The zero-order chi connectivity index (χ0) is 28.8. The topological polar surface area (TPSA) is 29.5 Å². The van der Waals surface area contributed by atoms with Crippen LogP contribution in [0.2, 0.25) is 0 Å². The highest BCUT2D eigenvalue weighted by Crippen LogP contribution is 2.48. The molecular weight excluding hydrogens is 559 g/mol. The number of hydrogen-bond donors (Lipinski definition) is 0. The Morgan fingerprint density at radius 2 is 1.14 bits per heavy atom. The molecule has 0 aliphatic heterocycles. The van der Waals surface area contributed by atoms with Gasteiger partial charge in [0.2, 0.25) is 0 Å². The fourth-order valence-corrected chi connectivity index (χ4v) is 7.98. The van der Waals surface area contributed by atoms with Crippen molar-refractivity contribution in [3.05, 3.63) is 140 Å². The Bertz CT molecular complexity index is 2750. The molecule has 206 valence electrons. The Balaban J connectivity index is 1.33. The smallest absolute Gasteiger partial charge is 0.159 e. The molecule has 10 aromatic rings. The lowest BCUT2D eigenvalue weighted by molar-refractivity contribution is 0.668. The van der Waals surface area contributed by atoms with Gasteiger partial charge in [-0.3, -0.25) is 0 Å². The molecule has 7 aromatic carbocycles. The van der Waals surface area contributed by atoms with Crippen molar-refractivity contribution in [1.82, 2.24) is 0 Å². The van der Waals surface area contributed by atoms with Gasteiger partial charge in [0.05, 0.1) is 16.8 Å². The van der Waals surface area contributed by atoms with E-state index in [0.717, 1.165) is 66.3 Å². The summed E-state index contributed by atoms with van der Waals surface area (Å²) in [5.74, 6) is 0. The van der Waals surface area contributed by atoms with Crippen molar-refractivity contribution < 1.29 is 8.83 Å². The molecule has 3 heterocycles. The number of rotatable bonds is 3. The largest absolute Gasteiger partial charge is 0.456 e. The molecule has 0 N–H and O–H groups in total. The average Bonchev–Trinajstić information content (AvgIpc) is 3.77. The molecule has 4 heteroatoms. The molecule has 0 aliphatic rings. The van der Waals surface area contributed by atoms with E-state index >= 15 is 0 Å². The summed E-state index contributed by atoms with van der Waals surface area (Å²) in [6.45, 7) is 0. The first-order valence-electron chi connectivity index (χ1n) is 14.8. The Kier molecular flexibility index (Phi) is 4.87. The molecule has 0 fully saturated rings. The van der Waals surface area contributed by atoms with Gasteiger partial charge in [-0.05, 0) is 60.0 Å². The Hall–Kier alpha value is -5.58. The van der Waals surface area contributed by atoms with E-state index in [1.807, 2.05) is 23.5 Å². The second kappa shape index (κ2) is 8.96. The van der Waals surface area contributed by atoms with Gasteiger partial charge < -0.3 is 13.7 Å². The van der Waals surface area contributed by atoms with E-state index in [-0.39, 0.29) is 0 Å². The number of para-hydroxylation sites is 2. The van der Waals surface area contributed by atoms with Crippen LogP contribution in [0, 0.1) is 0 Å². The number of hydrogen-bond acceptors (Lipinski definition) is 4. The summed E-state index contributed by atoms with van der Waals surface area (Å²) >= 11 is 1.83. The van der Waals surface area contributed by atoms with Crippen LogP contribution >= 0.6 is 11.3 Å². The number of furan rings is 2. The van der Waals surface area contributed by atoms with E-state index in [1.165, 1.54) is 25.6 Å². The maximum absolute atomic E-state index is 6.88. The first-order chi connectivity index (χ1) is 21.8. The van der Waals surface area contributed by atoms with E-state index in [4.69, 9.17) is 8.83 Å². The molecule has 3 nitrogen and oxygen atoms in total. The van der Waals surface area contributed by atoms with Gasteiger partial charge in [0.1, 0.15) is 16.7 Å². The third-order valence-electron chi connectivity index (χ3n) is 8.85. The molecule has 0 unspecified atom stereocenters. The summed E-state index contributed by atoms with van der Waals surface area (Å²) in [7, 11) is 0. The summed E-state index contributed by atoms with van der Waals surface area (Å²) in [5, 5.41) is 9.20. The number of nitrogens with zero attached hydrogens (tertiary/aromatic N) is 1. The van der Waals surface area contributed by atoms with E-state index in [2.05, 4.69) is 132 Å². The molecule has 0 atom stereocenters. The second-order valence-electron chi connectivity index (χ2n) is 11.3. The minimum atomic E-state index is 0.860. The molecule has 0 saturated heterocycles. The summed E-state index contributed by atoms with van der Waals surface area (Å²) in [6, 6.07) is 49.4. The zero-order valence-electron chi connectivity index (χ0n) is 23.5. The fourth-order valence-electron chi connectivity index (χ4n) is 6.89. The second-order valence-corrected chi connectivity index (χ2v) is 12.4. The van der Waals surface area contributed by atoms with Gasteiger partial charge in [0, 0.05) is 47.4 Å². The number of benzene rings is 7. The van der Waals surface area contributed by atoms with E-state index in [0.29, 0.717) is 0 Å². The molecule has 0 bridgehead atoms. The van der Waals surface area contributed by atoms with Gasteiger partial charge in [0.15, 0.2) is 5.58 Å². The van der Waals surface area contributed by atoms with Crippen molar-refractivity contribution in [3.8, 4) is 0 Å². The number of fused-ring (bicyclic) bond motifs is 11. The van der Waals surface area contributed by atoms with Crippen molar-refractivity contribution in [2.75, 3.05) is 4.90 Å². The molecule has 0 saturated carbocycles. The van der Waals surface area contributed by atoms with E-state index in [1.54, 1.807) is 0 Å². The van der Waals surface area contributed by atoms with E-state index < -0.39 is 0 Å². The number of thiophene rings is 1. The Labute approximate surface area is 255 Å². The highest BCUT2D eigenvalue weighted by atomic mass is 32.1. The summed E-state index contributed by atoms with van der Waals surface area (Å²) in [6.07, 6.45) is 0. The minimum Gasteiger partial charge on any atom is -0.456 e. The van der Waals surface area contributed by atoms with Crippen molar-refractivity contribution in [2.24, 2.45) is 0 Å². The molecule has 0 aliphatic carbocycles. The monoisotopic (exact) mass is 581 g/mol. The van der Waals surface area contributed by atoms with Crippen LogP contribution in [0.15, 0.2) is 148 Å². The van der Waals surface area contributed by atoms with Crippen molar-refractivity contribution >= 4 is 103 Å². The lowest BCUT2D eigenvalue weighted by Crippen LogP contribution is -2.10. The summed E-state index contributed by atoms with van der Waals surface area (Å²) in [5.41, 5.74) is 6.61. The van der Waals surface area contributed by atoms with E-state index in [9.17, 15) is 0 Å². The van der Waals surface area contributed by atoms with Crippen LogP contribution in [0.25, 0.3) is 74.8 Å². The van der Waals surface area contributed by atoms with Crippen LogP contribution < -0.4 is 4.90 Å². The van der Waals surface area contributed by atoms with Crippen LogP contribution in [0.5, 0.6) is 0 Å². The third-order valence-corrected chi connectivity index (χ3v) is 10.0. The van der Waals surface area contributed by atoms with Crippen molar-refractivity contribution in [1.29, 1.82) is 0 Å². The van der Waals surface area contributed by atoms with Crippen molar-refractivity contribution in [2.45, 2.75) is 0 Å². The molecular formula is C40H23NO2S. The normalized spacial score (nSPS) is 12.1. The lowest BCUT2D eigenvalue weighted by Gasteiger charge is -2.26.